The first kappa shape index (κ1) is 18.7. The van der Waals surface area contributed by atoms with Gasteiger partial charge in [0.25, 0.3) is 11.5 Å². The molecule has 27 heavy (non-hydrogen) atoms. The van der Waals surface area contributed by atoms with Crippen molar-refractivity contribution in [2.24, 2.45) is 0 Å². The molecule has 3 N–H and O–H groups in total. The minimum absolute atomic E-state index is 0.108. The summed E-state index contributed by atoms with van der Waals surface area (Å²) in [6.07, 6.45) is 0. The van der Waals surface area contributed by atoms with Gasteiger partial charge in [0.15, 0.2) is 5.69 Å². The van der Waals surface area contributed by atoms with E-state index in [2.05, 4.69) is 20.2 Å². The topological polar surface area (TPSA) is 121 Å². The van der Waals surface area contributed by atoms with Crippen molar-refractivity contribution >= 4 is 26.7 Å². The molecule has 3 rings (SSSR count). The molecule has 3 aromatic rings. The lowest BCUT2D eigenvalue weighted by Gasteiger charge is -2.08. The molecule has 140 valence electrons. The summed E-state index contributed by atoms with van der Waals surface area (Å²) in [5.74, 6) is -0.520. The van der Waals surface area contributed by atoms with Gasteiger partial charge in [-0.3, -0.25) is 9.59 Å². The van der Waals surface area contributed by atoms with Crippen LogP contribution in [0.5, 0.6) is 0 Å². The van der Waals surface area contributed by atoms with Gasteiger partial charge in [-0.2, -0.15) is 5.10 Å². The van der Waals surface area contributed by atoms with Gasteiger partial charge in [0.1, 0.15) is 0 Å². The van der Waals surface area contributed by atoms with Crippen molar-refractivity contribution in [3.05, 3.63) is 75.7 Å². The normalized spacial score (nSPS) is 11.4. The molecule has 0 atom stereocenters. The highest BCUT2D eigenvalue weighted by atomic mass is 32.2. The Morgan fingerprint density at radius 1 is 1.04 bits per heavy atom. The Kier molecular flexibility index (Phi) is 5.33. The van der Waals surface area contributed by atoms with Crippen LogP contribution < -0.4 is 15.6 Å². The van der Waals surface area contributed by atoms with E-state index in [1.54, 1.807) is 48.5 Å². The van der Waals surface area contributed by atoms with Crippen LogP contribution in [0.15, 0.2) is 53.3 Å². The third-order valence-corrected chi connectivity index (χ3v) is 5.39. The minimum atomic E-state index is -3.33. The Morgan fingerprint density at radius 2 is 1.67 bits per heavy atom. The minimum Gasteiger partial charge on any atom is -0.347 e. The number of aromatic amines is 1. The summed E-state index contributed by atoms with van der Waals surface area (Å²) in [5, 5.41) is 9.81. The van der Waals surface area contributed by atoms with Gasteiger partial charge in [0, 0.05) is 11.9 Å². The number of carbonyl (C=O) groups excluding carboxylic acids is 1. The van der Waals surface area contributed by atoms with Crippen molar-refractivity contribution in [1.29, 1.82) is 0 Å². The van der Waals surface area contributed by atoms with Gasteiger partial charge in [-0.1, -0.05) is 42.5 Å². The summed E-state index contributed by atoms with van der Waals surface area (Å²) in [7, 11) is -1.96. The van der Waals surface area contributed by atoms with Gasteiger partial charge in [-0.15, -0.1) is 0 Å². The van der Waals surface area contributed by atoms with E-state index in [0.717, 1.165) is 5.56 Å². The zero-order chi connectivity index (χ0) is 19.4. The number of aromatic nitrogens is 2. The third kappa shape index (κ3) is 4.39. The van der Waals surface area contributed by atoms with Crippen LogP contribution in [0.2, 0.25) is 0 Å². The van der Waals surface area contributed by atoms with E-state index in [9.17, 15) is 18.0 Å². The van der Waals surface area contributed by atoms with Gasteiger partial charge >= 0.3 is 0 Å². The van der Waals surface area contributed by atoms with Gasteiger partial charge < -0.3 is 5.32 Å². The molecule has 0 unspecified atom stereocenters. The SMILES string of the molecule is CNS(=O)(=O)Cc1ccc(CNC(=O)c2n[nH]c(=O)c3ccccc23)cc1. The summed E-state index contributed by atoms with van der Waals surface area (Å²) in [6.45, 7) is 0.243. The van der Waals surface area contributed by atoms with E-state index in [1.165, 1.54) is 7.05 Å². The molecular formula is C18H18N4O4S. The highest BCUT2D eigenvalue weighted by Gasteiger charge is 2.14. The molecule has 2 aromatic carbocycles. The summed E-state index contributed by atoms with van der Waals surface area (Å²) in [6, 6.07) is 13.6. The predicted molar refractivity (Wildman–Crippen MR) is 102 cm³/mol. The average Bonchev–Trinajstić information content (AvgIpc) is 2.67. The first-order valence-corrected chi connectivity index (χ1v) is 9.79. The highest BCUT2D eigenvalue weighted by Crippen LogP contribution is 2.13. The first-order chi connectivity index (χ1) is 12.9. The smallest absolute Gasteiger partial charge is 0.272 e. The summed E-state index contributed by atoms with van der Waals surface area (Å²) < 4.78 is 25.4. The lowest BCUT2D eigenvalue weighted by Crippen LogP contribution is -2.26. The van der Waals surface area contributed by atoms with E-state index in [4.69, 9.17) is 0 Å². The van der Waals surface area contributed by atoms with Crippen LogP contribution in [0.25, 0.3) is 10.8 Å². The molecule has 1 amide bonds. The second-order valence-electron chi connectivity index (χ2n) is 5.91. The maximum Gasteiger partial charge on any atom is 0.272 e. The van der Waals surface area contributed by atoms with Crippen LogP contribution in [-0.4, -0.2) is 31.6 Å². The molecule has 0 saturated heterocycles. The summed E-state index contributed by atoms with van der Waals surface area (Å²) >= 11 is 0. The number of amides is 1. The van der Waals surface area contributed by atoms with E-state index in [0.29, 0.717) is 16.3 Å². The summed E-state index contributed by atoms with van der Waals surface area (Å²) in [5.41, 5.74) is 1.24. The van der Waals surface area contributed by atoms with Crippen molar-refractivity contribution < 1.29 is 13.2 Å². The molecule has 0 aliphatic carbocycles. The van der Waals surface area contributed by atoms with E-state index in [1.807, 2.05) is 0 Å². The Bertz CT molecular complexity index is 1140. The number of fused-ring (bicyclic) bond motifs is 1. The number of hydrogen-bond acceptors (Lipinski definition) is 5. The number of sulfonamides is 1. The molecule has 0 aliphatic rings. The molecule has 1 aromatic heterocycles. The second kappa shape index (κ2) is 7.68. The van der Waals surface area contributed by atoms with Crippen molar-refractivity contribution in [3.8, 4) is 0 Å². The standard InChI is InChI=1S/C18H18N4O4S/c1-19-27(25,26)11-13-8-6-12(7-9-13)10-20-18(24)16-14-4-2-3-5-15(14)17(23)22-21-16/h2-9,19H,10-11H2,1H3,(H,20,24)(H,22,23). The average molecular weight is 386 g/mol. The molecule has 0 saturated carbocycles. The molecule has 0 bridgehead atoms. The lowest BCUT2D eigenvalue weighted by molar-refractivity contribution is 0.0946. The Morgan fingerprint density at radius 3 is 2.33 bits per heavy atom. The van der Waals surface area contributed by atoms with Crippen molar-refractivity contribution in [1.82, 2.24) is 20.2 Å². The predicted octanol–water partition coefficient (Wildman–Crippen LogP) is 0.902. The fraction of sp³-hybridized carbons (Fsp3) is 0.167. The number of rotatable bonds is 6. The highest BCUT2D eigenvalue weighted by molar-refractivity contribution is 7.88. The Balaban J connectivity index is 1.71. The zero-order valence-corrected chi connectivity index (χ0v) is 15.3. The Labute approximate surface area is 155 Å². The zero-order valence-electron chi connectivity index (χ0n) is 14.5. The molecule has 8 nitrogen and oxygen atoms in total. The fourth-order valence-corrected chi connectivity index (χ4v) is 3.37. The number of carbonyl (C=O) groups is 1. The molecular weight excluding hydrogens is 368 g/mol. The third-order valence-electron chi connectivity index (χ3n) is 4.05. The van der Waals surface area contributed by atoms with Crippen LogP contribution in [0.1, 0.15) is 21.6 Å². The van der Waals surface area contributed by atoms with Crippen LogP contribution in [0, 0.1) is 0 Å². The first-order valence-electron chi connectivity index (χ1n) is 8.14. The molecule has 9 heteroatoms. The van der Waals surface area contributed by atoms with E-state index < -0.39 is 15.9 Å². The molecule has 0 aliphatic heterocycles. The largest absolute Gasteiger partial charge is 0.347 e. The molecule has 0 spiro atoms. The van der Waals surface area contributed by atoms with Crippen LogP contribution in [-0.2, 0) is 22.3 Å². The van der Waals surface area contributed by atoms with Gasteiger partial charge in [-0.05, 0) is 24.2 Å². The number of hydrogen-bond donors (Lipinski definition) is 3. The fourth-order valence-electron chi connectivity index (χ4n) is 2.60. The van der Waals surface area contributed by atoms with Gasteiger partial charge in [-0.25, -0.2) is 18.2 Å². The van der Waals surface area contributed by atoms with Crippen molar-refractivity contribution in [3.63, 3.8) is 0 Å². The van der Waals surface area contributed by atoms with Gasteiger partial charge in [0.2, 0.25) is 10.0 Å². The number of nitrogens with one attached hydrogen (secondary N) is 3. The lowest BCUT2D eigenvalue weighted by atomic mass is 10.1. The number of benzene rings is 2. The van der Waals surface area contributed by atoms with Crippen molar-refractivity contribution in [2.75, 3.05) is 7.05 Å². The molecule has 0 fully saturated rings. The van der Waals surface area contributed by atoms with Crippen LogP contribution in [0.3, 0.4) is 0 Å². The number of nitrogens with zero attached hydrogens (tertiary/aromatic N) is 1. The maximum atomic E-state index is 12.5. The van der Waals surface area contributed by atoms with Crippen LogP contribution in [0.4, 0.5) is 0 Å². The quantitative estimate of drug-likeness (QED) is 0.581. The van der Waals surface area contributed by atoms with Crippen LogP contribution >= 0.6 is 0 Å². The number of H-pyrrole nitrogens is 1. The maximum absolute atomic E-state index is 12.5. The van der Waals surface area contributed by atoms with E-state index in [-0.39, 0.29) is 23.6 Å². The van der Waals surface area contributed by atoms with Gasteiger partial charge in [0.05, 0.1) is 11.1 Å². The second-order valence-corrected chi connectivity index (χ2v) is 7.84. The Hall–Kier alpha value is -3.04. The summed E-state index contributed by atoms with van der Waals surface area (Å²) in [4.78, 5) is 24.2. The molecule has 0 radical (unpaired) electrons. The van der Waals surface area contributed by atoms with Crippen molar-refractivity contribution in [2.45, 2.75) is 12.3 Å². The van der Waals surface area contributed by atoms with E-state index >= 15 is 0 Å². The molecule has 1 heterocycles. The monoisotopic (exact) mass is 386 g/mol.